The first-order valence-corrected chi connectivity index (χ1v) is 6.20. The molecule has 5 nitrogen and oxygen atoms in total. The molecular formula is C12H21NO4. The van der Waals surface area contributed by atoms with Crippen molar-refractivity contribution >= 4 is 5.97 Å². The number of nitrogens with zero attached hydrogens (tertiary/aromatic N) is 1. The number of hydrogen-bond donors (Lipinski definition) is 1. The minimum atomic E-state index is -1.01. The lowest BCUT2D eigenvalue weighted by Gasteiger charge is -2.39. The van der Waals surface area contributed by atoms with Crippen molar-refractivity contribution in [1.29, 1.82) is 0 Å². The molecule has 2 atom stereocenters. The molecule has 0 spiro atoms. The number of carbonyl (C=O) groups excluding carboxylic acids is 1. The molecule has 1 N–H and O–H groups in total. The van der Waals surface area contributed by atoms with Crippen molar-refractivity contribution in [2.45, 2.75) is 25.4 Å². The van der Waals surface area contributed by atoms with E-state index in [-0.39, 0.29) is 12.6 Å². The minimum Gasteiger partial charge on any atom is -0.465 e. The molecule has 0 radical (unpaired) electrons. The Kier molecular flexibility index (Phi) is 3.43. The lowest BCUT2D eigenvalue weighted by atomic mass is 9.70. The summed E-state index contributed by atoms with van der Waals surface area (Å²) in [7, 11) is 1.95. The maximum atomic E-state index is 12.2. The first-order chi connectivity index (χ1) is 8.04. The summed E-state index contributed by atoms with van der Waals surface area (Å²) in [5.41, 5.74) is -1.88. The summed E-state index contributed by atoms with van der Waals surface area (Å²) in [5, 5.41) is 10.8. The van der Waals surface area contributed by atoms with E-state index in [1.807, 2.05) is 11.9 Å². The molecule has 0 aromatic carbocycles. The van der Waals surface area contributed by atoms with Crippen LogP contribution in [-0.2, 0) is 14.3 Å². The second kappa shape index (κ2) is 4.55. The molecule has 2 saturated heterocycles. The Morgan fingerprint density at radius 2 is 2.29 bits per heavy atom. The number of likely N-dealkylation sites (N-methyl/N-ethyl adjacent to an activating group) is 1. The van der Waals surface area contributed by atoms with Gasteiger partial charge in [-0.1, -0.05) is 0 Å². The third-order valence-corrected chi connectivity index (χ3v) is 4.02. The first-order valence-electron chi connectivity index (χ1n) is 6.20. The molecule has 0 saturated carbocycles. The molecule has 2 unspecified atom stereocenters. The molecule has 0 aromatic heterocycles. The fraction of sp³-hybridized carbons (Fsp3) is 0.917. The Morgan fingerprint density at radius 1 is 1.53 bits per heavy atom. The van der Waals surface area contributed by atoms with Gasteiger partial charge in [-0.15, -0.1) is 0 Å². The van der Waals surface area contributed by atoms with Gasteiger partial charge in [0, 0.05) is 19.7 Å². The third-order valence-electron chi connectivity index (χ3n) is 4.02. The van der Waals surface area contributed by atoms with E-state index in [4.69, 9.17) is 9.47 Å². The zero-order valence-electron chi connectivity index (χ0n) is 10.6. The van der Waals surface area contributed by atoms with Crippen molar-refractivity contribution in [2.75, 3.05) is 40.0 Å². The Morgan fingerprint density at radius 3 is 2.76 bits per heavy atom. The van der Waals surface area contributed by atoms with Gasteiger partial charge in [-0.05, 0) is 26.8 Å². The van der Waals surface area contributed by atoms with E-state index in [0.717, 1.165) is 6.54 Å². The van der Waals surface area contributed by atoms with Crippen molar-refractivity contribution in [3.63, 3.8) is 0 Å². The van der Waals surface area contributed by atoms with Crippen molar-refractivity contribution in [3.05, 3.63) is 0 Å². The molecule has 0 aliphatic carbocycles. The van der Waals surface area contributed by atoms with Crippen LogP contribution in [0.15, 0.2) is 0 Å². The smallest absolute Gasteiger partial charge is 0.317 e. The Labute approximate surface area is 102 Å². The summed E-state index contributed by atoms with van der Waals surface area (Å²) in [6.45, 7) is 4.23. The monoisotopic (exact) mass is 243 g/mol. The molecule has 2 rings (SSSR count). The molecule has 2 aliphatic heterocycles. The fourth-order valence-corrected chi connectivity index (χ4v) is 2.92. The topological polar surface area (TPSA) is 59.0 Å². The molecule has 0 amide bonds. The van der Waals surface area contributed by atoms with Gasteiger partial charge in [-0.2, -0.15) is 0 Å². The maximum absolute atomic E-state index is 12.2. The van der Waals surface area contributed by atoms with Crippen molar-refractivity contribution in [3.8, 4) is 0 Å². The van der Waals surface area contributed by atoms with Gasteiger partial charge < -0.3 is 19.5 Å². The highest BCUT2D eigenvalue weighted by atomic mass is 16.5. The second-order valence-corrected chi connectivity index (χ2v) is 5.12. The van der Waals surface area contributed by atoms with E-state index in [9.17, 15) is 9.90 Å². The van der Waals surface area contributed by atoms with Crippen molar-refractivity contribution < 1.29 is 19.4 Å². The number of hydrogen-bond acceptors (Lipinski definition) is 5. The highest BCUT2D eigenvalue weighted by Crippen LogP contribution is 2.45. The van der Waals surface area contributed by atoms with Crippen LogP contribution in [0.4, 0.5) is 0 Å². The van der Waals surface area contributed by atoms with Crippen LogP contribution >= 0.6 is 0 Å². The first kappa shape index (κ1) is 12.8. The molecule has 0 bridgehead atoms. The molecule has 2 heterocycles. The van der Waals surface area contributed by atoms with Crippen LogP contribution in [0.5, 0.6) is 0 Å². The van der Waals surface area contributed by atoms with E-state index in [1.165, 1.54) is 0 Å². The van der Waals surface area contributed by atoms with Gasteiger partial charge in [0.25, 0.3) is 0 Å². The highest BCUT2D eigenvalue weighted by Gasteiger charge is 2.60. The summed E-state index contributed by atoms with van der Waals surface area (Å²) in [6.07, 6.45) is 1.15. The van der Waals surface area contributed by atoms with Gasteiger partial charge >= 0.3 is 5.97 Å². The number of β-amino-alcohol motifs (C(OH)–C–C–N with tert-alkyl or cyclic N) is 1. The summed E-state index contributed by atoms with van der Waals surface area (Å²) >= 11 is 0. The van der Waals surface area contributed by atoms with Gasteiger partial charge in [0.15, 0.2) is 0 Å². The van der Waals surface area contributed by atoms with Crippen LogP contribution in [0.25, 0.3) is 0 Å². The second-order valence-electron chi connectivity index (χ2n) is 5.12. The van der Waals surface area contributed by atoms with Gasteiger partial charge in [0.05, 0.1) is 18.8 Å². The van der Waals surface area contributed by atoms with Crippen LogP contribution in [0.3, 0.4) is 0 Å². The SMILES string of the molecule is CCOC(=O)C1(C2(O)CCN(C)C2)CCOC1. The average Bonchev–Trinajstić information content (AvgIpc) is 2.87. The predicted molar refractivity (Wildman–Crippen MR) is 61.6 cm³/mol. The summed E-state index contributed by atoms with van der Waals surface area (Å²) < 4.78 is 10.5. The molecule has 2 fully saturated rings. The molecule has 17 heavy (non-hydrogen) atoms. The quantitative estimate of drug-likeness (QED) is 0.708. The molecule has 5 heteroatoms. The van der Waals surface area contributed by atoms with Gasteiger partial charge in [0.2, 0.25) is 0 Å². The summed E-state index contributed by atoms with van der Waals surface area (Å²) in [6, 6.07) is 0. The normalized spacial score (nSPS) is 38.5. The zero-order chi connectivity index (χ0) is 12.5. The Bertz CT molecular complexity index is 301. The predicted octanol–water partition coefficient (Wildman–Crippen LogP) is 0.0228. The van der Waals surface area contributed by atoms with E-state index in [0.29, 0.717) is 32.6 Å². The lowest BCUT2D eigenvalue weighted by Crippen LogP contribution is -2.56. The number of rotatable bonds is 3. The van der Waals surface area contributed by atoms with Crippen LogP contribution in [0, 0.1) is 5.41 Å². The van der Waals surface area contributed by atoms with E-state index in [2.05, 4.69) is 0 Å². The summed E-state index contributed by atoms with van der Waals surface area (Å²) in [4.78, 5) is 14.2. The number of likely N-dealkylation sites (tertiary alicyclic amines) is 1. The van der Waals surface area contributed by atoms with E-state index >= 15 is 0 Å². The number of carbonyl (C=O) groups is 1. The van der Waals surface area contributed by atoms with Gasteiger partial charge in [-0.25, -0.2) is 0 Å². The maximum Gasteiger partial charge on any atom is 0.317 e. The lowest BCUT2D eigenvalue weighted by molar-refractivity contribution is -0.174. The third kappa shape index (κ3) is 1.96. The largest absolute Gasteiger partial charge is 0.465 e. The molecule has 98 valence electrons. The Balaban J connectivity index is 2.25. The van der Waals surface area contributed by atoms with Gasteiger partial charge in [0.1, 0.15) is 5.41 Å². The van der Waals surface area contributed by atoms with E-state index in [1.54, 1.807) is 6.92 Å². The zero-order valence-corrected chi connectivity index (χ0v) is 10.6. The van der Waals surface area contributed by atoms with Crippen molar-refractivity contribution in [2.24, 2.45) is 5.41 Å². The van der Waals surface area contributed by atoms with Crippen molar-refractivity contribution in [1.82, 2.24) is 4.90 Å². The molecule has 2 aliphatic rings. The highest BCUT2D eigenvalue weighted by molar-refractivity contribution is 5.79. The van der Waals surface area contributed by atoms with Crippen LogP contribution < -0.4 is 0 Å². The van der Waals surface area contributed by atoms with Crippen LogP contribution in [0.1, 0.15) is 19.8 Å². The number of ether oxygens (including phenoxy) is 2. The minimum absolute atomic E-state index is 0.274. The molecule has 0 aromatic rings. The average molecular weight is 243 g/mol. The standard InChI is InChI=1S/C12H21NO4/c1-3-17-10(14)11(5-7-16-9-11)12(15)4-6-13(2)8-12/h15H,3-9H2,1-2H3. The number of aliphatic hydroxyl groups is 1. The summed E-state index contributed by atoms with van der Waals surface area (Å²) in [5.74, 6) is -0.310. The van der Waals surface area contributed by atoms with Crippen LogP contribution in [0.2, 0.25) is 0 Å². The van der Waals surface area contributed by atoms with Crippen LogP contribution in [-0.4, -0.2) is 61.5 Å². The Hall–Kier alpha value is -0.650. The van der Waals surface area contributed by atoms with Gasteiger partial charge in [-0.3, -0.25) is 4.79 Å². The number of esters is 1. The fourth-order valence-electron chi connectivity index (χ4n) is 2.92. The van der Waals surface area contributed by atoms with E-state index < -0.39 is 11.0 Å². The molecular weight excluding hydrogens is 222 g/mol.